The fourth-order valence-electron chi connectivity index (χ4n) is 3.81. The van der Waals surface area contributed by atoms with Crippen LogP contribution in [0.25, 0.3) is 0 Å². The number of hydrogen-bond donors (Lipinski definition) is 2. The summed E-state index contributed by atoms with van der Waals surface area (Å²) in [5.74, 6) is -1.14. The van der Waals surface area contributed by atoms with E-state index in [0.717, 1.165) is 19.6 Å². The summed E-state index contributed by atoms with van der Waals surface area (Å²) in [6.45, 7) is 3.64. The quantitative estimate of drug-likeness (QED) is 0.643. The van der Waals surface area contributed by atoms with Gasteiger partial charge in [-0.2, -0.15) is 0 Å². The lowest BCUT2D eigenvalue weighted by molar-refractivity contribution is 0.0977. The first kappa shape index (κ1) is 18.3. The monoisotopic (exact) mass is 404 g/mol. The Morgan fingerprint density at radius 1 is 0.889 bits per heavy atom. The number of fused-ring (bicyclic) bond motifs is 2. The molecule has 4 rings (SSSR count). The maximum atomic E-state index is 13.2. The van der Waals surface area contributed by atoms with E-state index >= 15 is 0 Å². The number of benzene rings is 2. The van der Waals surface area contributed by atoms with Gasteiger partial charge in [-0.3, -0.25) is 9.59 Å². The van der Waals surface area contributed by atoms with Crippen molar-refractivity contribution < 1.29 is 14.7 Å². The summed E-state index contributed by atoms with van der Waals surface area (Å²) in [7, 11) is 0. The van der Waals surface area contributed by atoms with Crippen LogP contribution >= 0.6 is 23.2 Å². The molecule has 0 bridgehead atoms. The largest absolute Gasteiger partial charge is 0.507 e. The van der Waals surface area contributed by atoms with Gasteiger partial charge >= 0.3 is 0 Å². The standard InChI is InChI=1S/C20H18Cl2N2O3/c21-11-3-4-12(22)16-15(11)19(26)17-13(5-6-14(25)18(17)20(16)27)23-7-10-24-8-1-2-9-24/h3-6,23,25H,1-2,7-10H2. The molecule has 1 heterocycles. The number of phenols is 1. The van der Waals surface area contributed by atoms with Gasteiger partial charge in [0.15, 0.2) is 11.6 Å². The first-order valence-electron chi connectivity index (χ1n) is 8.88. The van der Waals surface area contributed by atoms with Gasteiger partial charge in [-0.05, 0) is 50.2 Å². The second kappa shape index (κ2) is 7.15. The summed E-state index contributed by atoms with van der Waals surface area (Å²) >= 11 is 12.4. The van der Waals surface area contributed by atoms with Gasteiger partial charge in [-0.1, -0.05) is 23.2 Å². The van der Waals surface area contributed by atoms with Crippen molar-refractivity contribution in [3.05, 3.63) is 56.6 Å². The number of phenolic OH excluding ortho intramolecular Hbond substituents is 1. The first-order chi connectivity index (χ1) is 13.0. The lowest BCUT2D eigenvalue weighted by Gasteiger charge is -2.23. The van der Waals surface area contributed by atoms with Crippen LogP contribution in [-0.2, 0) is 0 Å². The Kier molecular flexibility index (Phi) is 4.84. The van der Waals surface area contributed by atoms with Crippen LogP contribution in [0.5, 0.6) is 5.75 Å². The zero-order chi connectivity index (χ0) is 19.1. The van der Waals surface area contributed by atoms with Crippen molar-refractivity contribution in [3.63, 3.8) is 0 Å². The third-order valence-corrected chi connectivity index (χ3v) is 5.77. The average molecular weight is 405 g/mol. The number of ketones is 2. The third kappa shape index (κ3) is 3.10. The molecule has 5 nitrogen and oxygen atoms in total. The number of nitrogens with zero attached hydrogens (tertiary/aromatic N) is 1. The van der Waals surface area contributed by atoms with Gasteiger partial charge in [0.2, 0.25) is 0 Å². The lowest BCUT2D eigenvalue weighted by atomic mass is 9.82. The average Bonchev–Trinajstić information content (AvgIpc) is 3.16. The zero-order valence-electron chi connectivity index (χ0n) is 14.5. The number of carbonyl (C=O) groups excluding carboxylic acids is 2. The molecule has 1 aliphatic carbocycles. The lowest BCUT2D eigenvalue weighted by Crippen LogP contribution is -2.28. The van der Waals surface area contributed by atoms with Crippen LogP contribution < -0.4 is 5.32 Å². The highest BCUT2D eigenvalue weighted by atomic mass is 35.5. The molecule has 0 spiro atoms. The Morgan fingerprint density at radius 2 is 1.48 bits per heavy atom. The molecular weight excluding hydrogens is 387 g/mol. The minimum absolute atomic E-state index is 0.0251. The topological polar surface area (TPSA) is 69.6 Å². The molecule has 0 unspecified atom stereocenters. The molecule has 0 saturated carbocycles. The van der Waals surface area contributed by atoms with Gasteiger partial charge in [-0.25, -0.2) is 0 Å². The number of hydrogen-bond acceptors (Lipinski definition) is 5. The van der Waals surface area contributed by atoms with Crippen molar-refractivity contribution in [1.82, 2.24) is 4.90 Å². The van der Waals surface area contributed by atoms with Crippen molar-refractivity contribution in [2.24, 2.45) is 0 Å². The predicted octanol–water partition coefficient (Wildman–Crippen LogP) is 3.98. The van der Waals surface area contributed by atoms with Crippen LogP contribution in [0.3, 0.4) is 0 Å². The molecule has 0 atom stereocenters. The Morgan fingerprint density at radius 3 is 2.11 bits per heavy atom. The van der Waals surface area contributed by atoms with Crippen LogP contribution in [0.4, 0.5) is 5.69 Å². The number of halogens is 2. The molecular formula is C20H18Cl2N2O3. The highest BCUT2D eigenvalue weighted by molar-refractivity contribution is 6.44. The van der Waals surface area contributed by atoms with Crippen LogP contribution in [-0.4, -0.2) is 47.8 Å². The summed E-state index contributed by atoms with van der Waals surface area (Å²) in [5, 5.41) is 13.8. The van der Waals surface area contributed by atoms with Crippen molar-refractivity contribution >= 4 is 40.5 Å². The van der Waals surface area contributed by atoms with Crippen LogP contribution in [0.2, 0.25) is 10.0 Å². The Bertz CT molecular complexity index is 953. The summed E-state index contributed by atoms with van der Waals surface area (Å²) < 4.78 is 0. The van der Waals surface area contributed by atoms with E-state index in [1.54, 1.807) is 6.07 Å². The summed E-state index contributed by atoms with van der Waals surface area (Å²) in [6, 6.07) is 6.02. The SMILES string of the molecule is O=C1c2c(O)ccc(NCCN3CCCC3)c2C(=O)c2c(Cl)ccc(Cl)c21. The highest BCUT2D eigenvalue weighted by Crippen LogP contribution is 2.41. The van der Waals surface area contributed by atoms with E-state index in [0.29, 0.717) is 12.2 Å². The van der Waals surface area contributed by atoms with E-state index in [2.05, 4.69) is 10.2 Å². The number of anilines is 1. The second-order valence-electron chi connectivity index (χ2n) is 6.80. The van der Waals surface area contributed by atoms with Crippen LogP contribution in [0.1, 0.15) is 44.7 Å². The molecule has 1 saturated heterocycles. The maximum Gasteiger partial charge on any atom is 0.199 e. The molecule has 2 aromatic rings. The fraction of sp³-hybridized carbons (Fsp3) is 0.300. The second-order valence-corrected chi connectivity index (χ2v) is 7.61. The number of carbonyl (C=O) groups is 2. The van der Waals surface area contributed by atoms with Gasteiger partial charge in [0.05, 0.1) is 32.3 Å². The minimum atomic E-state index is -0.493. The normalized spacial score (nSPS) is 16.4. The van der Waals surface area contributed by atoms with E-state index in [1.807, 2.05) is 0 Å². The van der Waals surface area contributed by atoms with Gasteiger partial charge in [-0.15, -0.1) is 0 Å². The summed E-state index contributed by atoms with van der Waals surface area (Å²) in [6.07, 6.45) is 2.41. The summed E-state index contributed by atoms with van der Waals surface area (Å²) in [5.41, 5.74) is 0.781. The van der Waals surface area contributed by atoms with E-state index in [-0.39, 0.29) is 38.0 Å². The van der Waals surface area contributed by atoms with Gasteiger partial charge in [0.25, 0.3) is 0 Å². The molecule has 2 N–H and O–H groups in total. The van der Waals surface area contributed by atoms with Crippen molar-refractivity contribution in [2.45, 2.75) is 12.8 Å². The third-order valence-electron chi connectivity index (χ3n) is 5.14. The van der Waals surface area contributed by atoms with Crippen LogP contribution in [0, 0.1) is 0 Å². The van der Waals surface area contributed by atoms with Crippen molar-refractivity contribution in [2.75, 3.05) is 31.5 Å². The van der Waals surface area contributed by atoms with Gasteiger partial charge in [0.1, 0.15) is 5.75 Å². The number of nitrogens with one attached hydrogen (secondary N) is 1. The predicted molar refractivity (Wildman–Crippen MR) is 106 cm³/mol. The van der Waals surface area contributed by atoms with Crippen molar-refractivity contribution in [1.29, 1.82) is 0 Å². The minimum Gasteiger partial charge on any atom is -0.507 e. The number of aromatic hydroxyl groups is 1. The molecule has 1 aliphatic heterocycles. The van der Waals surface area contributed by atoms with Crippen molar-refractivity contribution in [3.8, 4) is 5.75 Å². The van der Waals surface area contributed by atoms with Crippen LogP contribution in [0.15, 0.2) is 24.3 Å². The fourth-order valence-corrected chi connectivity index (χ4v) is 4.29. The smallest absolute Gasteiger partial charge is 0.199 e. The van der Waals surface area contributed by atoms with E-state index < -0.39 is 11.6 Å². The number of likely N-dealkylation sites (tertiary alicyclic amines) is 1. The van der Waals surface area contributed by atoms with E-state index in [4.69, 9.17) is 23.2 Å². The maximum absolute atomic E-state index is 13.2. The Balaban J connectivity index is 1.73. The molecule has 2 aromatic carbocycles. The zero-order valence-corrected chi connectivity index (χ0v) is 16.0. The van der Waals surface area contributed by atoms with E-state index in [9.17, 15) is 14.7 Å². The highest BCUT2D eigenvalue weighted by Gasteiger charge is 2.37. The molecule has 27 heavy (non-hydrogen) atoms. The van der Waals surface area contributed by atoms with E-state index in [1.165, 1.54) is 31.0 Å². The Hall–Kier alpha value is -2.08. The molecule has 140 valence electrons. The molecule has 7 heteroatoms. The molecule has 0 amide bonds. The molecule has 0 radical (unpaired) electrons. The summed E-state index contributed by atoms with van der Waals surface area (Å²) in [4.78, 5) is 28.5. The molecule has 2 aliphatic rings. The first-order valence-corrected chi connectivity index (χ1v) is 9.64. The number of rotatable bonds is 4. The molecule has 0 aromatic heterocycles. The van der Waals surface area contributed by atoms with Gasteiger partial charge in [0, 0.05) is 18.8 Å². The van der Waals surface area contributed by atoms with Gasteiger partial charge < -0.3 is 15.3 Å². The molecule has 1 fully saturated rings. The Labute approximate surface area is 166 Å².